The molecule has 0 N–H and O–H groups in total. The van der Waals surface area contributed by atoms with Gasteiger partial charge < -0.3 is 5.53 Å². The van der Waals surface area contributed by atoms with Gasteiger partial charge in [0.2, 0.25) is 0 Å². The Morgan fingerprint density at radius 1 is 1.38 bits per heavy atom. The second-order valence-electron chi connectivity index (χ2n) is 3.41. The Labute approximate surface area is 112 Å². The predicted octanol–water partition coefficient (Wildman–Crippen LogP) is 4.12. The third-order valence-electron chi connectivity index (χ3n) is 2.35. The van der Waals surface area contributed by atoms with E-state index < -0.39 is 0 Å². The van der Waals surface area contributed by atoms with Crippen LogP contribution >= 0.6 is 34.2 Å². The highest BCUT2D eigenvalue weighted by molar-refractivity contribution is 14.1. The van der Waals surface area contributed by atoms with Crippen LogP contribution in [0.3, 0.4) is 0 Å². The zero-order chi connectivity index (χ0) is 11.5. The van der Waals surface area contributed by atoms with Gasteiger partial charge in [0.15, 0.2) is 0 Å². The highest BCUT2D eigenvalue weighted by atomic mass is 127. The van der Waals surface area contributed by atoms with E-state index in [1.807, 2.05) is 36.4 Å². The smallest absolute Gasteiger partial charge is 0.308 e. The number of hydrogen-bond donors (Lipinski definition) is 0. The van der Waals surface area contributed by atoms with E-state index in [-0.39, 0.29) is 0 Å². The van der Waals surface area contributed by atoms with Gasteiger partial charge in [-0.05, 0) is 51.9 Å². The molecule has 80 valence electrons. The fourth-order valence-electron chi connectivity index (χ4n) is 1.54. The molecule has 0 fully saturated rings. The van der Waals surface area contributed by atoms with Crippen molar-refractivity contribution in [3.05, 3.63) is 56.1 Å². The normalized spacial score (nSPS) is 15.2. The van der Waals surface area contributed by atoms with E-state index in [4.69, 9.17) is 17.1 Å². The van der Waals surface area contributed by atoms with Crippen molar-refractivity contribution in [1.82, 2.24) is 0 Å². The van der Waals surface area contributed by atoms with Gasteiger partial charge in [-0.2, -0.15) is 4.79 Å². The molecule has 1 aliphatic rings. The van der Waals surface area contributed by atoms with Crippen molar-refractivity contribution in [2.45, 2.75) is 6.42 Å². The van der Waals surface area contributed by atoms with E-state index >= 15 is 0 Å². The Balaban J connectivity index is 2.39. The Kier molecular flexibility index (Phi) is 3.59. The van der Waals surface area contributed by atoms with Crippen LogP contribution < -0.4 is 0 Å². The van der Waals surface area contributed by atoms with Crippen LogP contribution in [0.2, 0.25) is 5.02 Å². The summed E-state index contributed by atoms with van der Waals surface area (Å²) in [5, 5.41) is 0.725. The topological polar surface area (TPSA) is 36.4 Å². The molecule has 0 unspecified atom stereocenters. The monoisotopic (exact) mass is 342 g/mol. The van der Waals surface area contributed by atoms with Gasteiger partial charge in [0, 0.05) is 5.02 Å². The third-order valence-corrected chi connectivity index (χ3v) is 3.52. The fraction of sp³-hybridized carbons (Fsp3) is 0.0833. The summed E-state index contributed by atoms with van der Waals surface area (Å²) in [7, 11) is 0. The van der Waals surface area contributed by atoms with Gasteiger partial charge in [-0.25, -0.2) is 0 Å². The van der Waals surface area contributed by atoms with Gasteiger partial charge in [-0.3, -0.25) is 0 Å². The van der Waals surface area contributed by atoms with Crippen LogP contribution in [0.25, 0.3) is 11.1 Å². The predicted molar refractivity (Wildman–Crippen MR) is 74.8 cm³/mol. The lowest BCUT2D eigenvalue weighted by atomic mass is 9.99. The second-order valence-corrected chi connectivity index (χ2v) is 5.01. The highest BCUT2D eigenvalue weighted by Crippen LogP contribution is 2.27. The Hall–Kier alpha value is -0.900. The molecule has 0 saturated heterocycles. The summed E-state index contributed by atoms with van der Waals surface area (Å²) in [6, 6.07) is 7.71. The lowest BCUT2D eigenvalue weighted by molar-refractivity contribution is -0.00552. The molecule has 2 nitrogen and oxygen atoms in total. The molecule has 0 heterocycles. The van der Waals surface area contributed by atoms with Crippen molar-refractivity contribution in [3.63, 3.8) is 0 Å². The van der Waals surface area contributed by atoms with Crippen molar-refractivity contribution in [2.75, 3.05) is 0 Å². The Bertz CT molecular complexity index is 540. The lowest BCUT2D eigenvalue weighted by Crippen LogP contribution is -2.03. The number of nitrogens with zero attached hydrogens (tertiary/aromatic N) is 2. The molecule has 0 aromatic heterocycles. The number of benzene rings is 1. The van der Waals surface area contributed by atoms with Crippen LogP contribution in [0, 0.1) is 0 Å². The molecule has 0 bridgehead atoms. The molecule has 2 rings (SSSR count). The van der Waals surface area contributed by atoms with Gasteiger partial charge >= 0.3 is 5.71 Å². The van der Waals surface area contributed by atoms with Crippen molar-refractivity contribution in [1.29, 1.82) is 0 Å². The lowest BCUT2D eigenvalue weighted by Gasteiger charge is -2.07. The maximum absolute atomic E-state index is 8.75. The first kappa shape index (κ1) is 11.6. The molecule has 0 amide bonds. The molecule has 0 spiro atoms. The summed E-state index contributed by atoms with van der Waals surface area (Å²) >= 11 is 8.11. The molecule has 1 aromatic rings. The standard InChI is InChI=1S/C12H8ClIN2/c13-10-3-1-2-8(6-10)9-4-5-12(16-15)11(14)7-9/h1-4,6-7H,5H2. The van der Waals surface area contributed by atoms with Crippen LogP contribution in [0.4, 0.5) is 0 Å². The molecule has 1 aromatic carbocycles. The largest absolute Gasteiger partial charge is 0.361 e. The number of allylic oxidation sites excluding steroid dienone is 4. The van der Waals surface area contributed by atoms with E-state index in [9.17, 15) is 0 Å². The third kappa shape index (κ3) is 2.43. The minimum atomic E-state index is 0.646. The average molecular weight is 343 g/mol. The summed E-state index contributed by atoms with van der Waals surface area (Å²) in [6.07, 6.45) is 4.67. The number of hydrogen-bond acceptors (Lipinski definition) is 0. The summed E-state index contributed by atoms with van der Waals surface area (Å²) in [6.45, 7) is 0. The van der Waals surface area contributed by atoms with Crippen LogP contribution in [-0.4, -0.2) is 10.5 Å². The summed E-state index contributed by atoms with van der Waals surface area (Å²) in [5.41, 5.74) is 11.6. The van der Waals surface area contributed by atoms with E-state index in [1.165, 1.54) is 0 Å². The molecule has 16 heavy (non-hydrogen) atoms. The molecule has 0 atom stereocenters. The van der Waals surface area contributed by atoms with Crippen LogP contribution in [0.15, 0.2) is 40.0 Å². The first-order chi connectivity index (χ1) is 7.70. The van der Waals surface area contributed by atoms with Crippen molar-refractivity contribution in [3.8, 4) is 0 Å². The summed E-state index contributed by atoms with van der Waals surface area (Å²) in [4.78, 5) is 3.24. The average Bonchev–Trinajstić information content (AvgIpc) is 2.29. The summed E-state index contributed by atoms with van der Waals surface area (Å²) < 4.78 is 0.956. The van der Waals surface area contributed by atoms with E-state index in [2.05, 4.69) is 27.4 Å². The van der Waals surface area contributed by atoms with Gasteiger partial charge in [-0.1, -0.05) is 29.8 Å². The SMILES string of the molecule is [N-]=[N+]=C1CC=C(c2cccc(Cl)c2)C=C1I. The molecule has 0 radical (unpaired) electrons. The second kappa shape index (κ2) is 4.95. The van der Waals surface area contributed by atoms with Crippen molar-refractivity contribution in [2.24, 2.45) is 0 Å². The molecule has 4 heteroatoms. The highest BCUT2D eigenvalue weighted by Gasteiger charge is 2.17. The van der Waals surface area contributed by atoms with E-state index in [0.717, 1.165) is 19.7 Å². The minimum absolute atomic E-state index is 0.646. The number of rotatable bonds is 1. The number of halogens is 2. The van der Waals surface area contributed by atoms with E-state index in [0.29, 0.717) is 12.1 Å². The molecule has 0 aliphatic heterocycles. The molecule has 0 saturated carbocycles. The van der Waals surface area contributed by atoms with Crippen molar-refractivity contribution >= 4 is 45.5 Å². The van der Waals surface area contributed by atoms with Gasteiger partial charge in [0.05, 0.1) is 10.0 Å². The van der Waals surface area contributed by atoms with Gasteiger partial charge in [-0.15, -0.1) is 0 Å². The molecular formula is C12H8ClIN2. The first-order valence-corrected chi connectivity index (χ1v) is 6.21. The molecule has 1 aliphatic carbocycles. The maximum atomic E-state index is 8.75. The Morgan fingerprint density at radius 3 is 2.81 bits per heavy atom. The Morgan fingerprint density at radius 2 is 2.19 bits per heavy atom. The zero-order valence-electron chi connectivity index (χ0n) is 8.32. The van der Waals surface area contributed by atoms with Gasteiger partial charge in [0.25, 0.3) is 0 Å². The van der Waals surface area contributed by atoms with Gasteiger partial charge in [0.1, 0.15) is 0 Å². The van der Waals surface area contributed by atoms with Crippen LogP contribution in [-0.2, 0) is 0 Å². The first-order valence-electron chi connectivity index (χ1n) is 4.75. The van der Waals surface area contributed by atoms with E-state index in [1.54, 1.807) is 0 Å². The fourth-order valence-corrected chi connectivity index (χ4v) is 2.39. The maximum Gasteiger partial charge on any atom is 0.308 e. The quantitative estimate of drug-likeness (QED) is 0.418. The molecular weight excluding hydrogens is 335 g/mol. The van der Waals surface area contributed by atoms with Crippen molar-refractivity contribution < 1.29 is 4.79 Å². The van der Waals surface area contributed by atoms with Crippen LogP contribution in [0.5, 0.6) is 0 Å². The summed E-state index contributed by atoms with van der Waals surface area (Å²) in [5.74, 6) is 0. The minimum Gasteiger partial charge on any atom is -0.361 e. The zero-order valence-corrected chi connectivity index (χ0v) is 11.2. The van der Waals surface area contributed by atoms with Crippen LogP contribution in [0.1, 0.15) is 12.0 Å².